The second-order valence-electron chi connectivity index (χ2n) is 9.24. The van der Waals surface area contributed by atoms with Crippen molar-refractivity contribution >= 4 is 0 Å². The summed E-state index contributed by atoms with van der Waals surface area (Å²) in [5, 5.41) is 50.1. The van der Waals surface area contributed by atoms with Gasteiger partial charge in [-0.1, -0.05) is 25.5 Å². The number of hydrogen-bond donors (Lipinski definition) is 5. The molecule has 3 rings (SSSR count). The van der Waals surface area contributed by atoms with Gasteiger partial charge in [0.25, 0.3) is 0 Å². The quantitative estimate of drug-likeness (QED) is 0.489. The van der Waals surface area contributed by atoms with Crippen molar-refractivity contribution in [3.8, 4) is 0 Å². The van der Waals surface area contributed by atoms with Gasteiger partial charge < -0.3 is 25.5 Å². The maximum absolute atomic E-state index is 10.5. The molecule has 6 atom stereocenters. The van der Waals surface area contributed by atoms with Gasteiger partial charge in [-0.15, -0.1) is 0 Å². The van der Waals surface area contributed by atoms with Gasteiger partial charge in [-0.05, 0) is 61.7 Å². The van der Waals surface area contributed by atoms with Crippen LogP contribution in [0.1, 0.15) is 52.4 Å². The Hall–Kier alpha value is -0.460. The van der Waals surface area contributed by atoms with Crippen molar-refractivity contribution in [1.82, 2.24) is 0 Å². The number of rotatable bonds is 4. The molecule has 0 aromatic rings. The summed E-state index contributed by atoms with van der Waals surface area (Å²) in [6.45, 7) is 3.49. The van der Waals surface area contributed by atoms with Gasteiger partial charge in [-0.3, -0.25) is 0 Å². The van der Waals surface area contributed by atoms with Crippen molar-refractivity contribution in [2.24, 2.45) is 28.6 Å². The fourth-order valence-electron chi connectivity index (χ4n) is 6.21. The van der Waals surface area contributed by atoms with Crippen LogP contribution in [-0.4, -0.2) is 57.1 Å². The van der Waals surface area contributed by atoms with E-state index < -0.39 is 30.3 Å². The van der Waals surface area contributed by atoms with E-state index in [1.54, 1.807) is 0 Å². The molecule has 25 heavy (non-hydrogen) atoms. The zero-order valence-corrected chi connectivity index (χ0v) is 15.5. The molecule has 3 aliphatic rings. The average Bonchev–Trinajstić information content (AvgIpc) is 2.64. The van der Waals surface area contributed by atoms with E-state index in [1.165, 1.54) is 5.57 Å². The molecule has 6 unspecified atom stereocenters. The van der Waals surface area contributed by atoms with E-state index in [0.29, 0.717) is 18.8 Å². The zero-order chi connectivity index (χ0) is 18.5. The van der Waals surface area contributed by atoms with Gasteiger partial charge in [-0.2, -0.15) is 0 Å². The summed E-state index contributed by atoms with van der Waals surface area (Å²) in [6, 6.07) is 0. The molecule has 0 aromatic heterocycles. The third-order valence-electron chi connectivity index (χ3n) is 8.10. The van der Waals surface area contributed by atoms with Crippen molar-refractivity contribution in [2.45, 2.75) is 64.1 Å². The zero-order valence-electron chi connectivity index (χ0n) is 15.5. The molecular formula is C20H34O5. The van der Waals surface area contributed by atoms with E-state index >= 15 is 0 Å². The van der Waals surface area contributed by atoms with Gasteiger partial charge in [0.05, 0.1) is 25.9 Å². The molecule has 0 heterocycles. The lowest BCUT2D eigenvalue weighted by Gasteiger charge is -2.60. The fraction of sp³-hybridized carbons (Fsp3) is 0.900. The highest BCUT2D eigenvalue weighted by molar-refractivity contribution is 5.24. The van der Waals surface area contributed by atoms with Crippen LogP contribution in [0.25, 0.3) is 0 Å². The molecule has 0 spiro atoms. The minimum absolute atomic E-state index is 0.00170. The summed E-state index contributed by atoms with van der Waals surface area (Å²) < 4.78 is 0. The fourth-order valence-corrected chi connectivity index (χ4v) is 6.21. The lowest BCUT2D eigenvalue weighted by Crippen LogP contribution is -2.58. The van der Waals surface area contributed by atoms with Gasteiger partial charge in [0.1, 0.15) is 5.60 Å². The van der Waals surface area contributed by atoms with Crippen LogP contribution in [0.4, 0.5) is 0 Å². The predicted molar refractivity (Wildman–Crippen MR) is 94.7 cm³/mol. The van der Waals surface area contributed by atoms with Crippen LogP contribution in [0, 0.1) is 28.6 Å². The Kier molecular flexibility index (Phi) is 5.10. The average molecular weight is 354 g/mol. The summed E-state index contributed by atoms with van der Waals surface area (Å²) in [7, 11) is 0. The highest BCUT2D eigenvalue weighted by atomic mass is 16.4. The van der Waals surface area contributed by atoms with Crippen molar-refractivity contribution in [1.29, 1.82) is 0 Å². The highest BCUT2D eigenvalue weighted by Crippen LogP contribution is 2.62. The summed E-state index contributed by atoms with van der Waals surface area (Å²) in [4.78, 5) is 0. The first-order valence-corrected chi connectivity index (χ1v) is 9.67. The number of aliphatic hydroxyl groups is 5. The number of hydrogen-bond acceptors (Lipinski definition) is 5. The Morgan fingerprint density at radius 1 is 1.12 bits per heavy atom. The molecule has 2 fully saturated rings. The predicted octanol–water partition coefficient (Wildman–Crippen LogP) is 1.22. The smallest absolute Gasteiger partial charge is 0.114 e. The summed E-state index contributed by atoms with van der Waals surface area (Å²) in [6.07, 6.45) is 6.69. The van der Waals surface area contributed by atoms with E-state index in [4.69, 9.17) is 0 Å². The van der Waals surface area contributed by atoms with Crippen LogP contribution in [-0.2, 0) is 0 Å². The van der Waals surface area contributed by atoms with Gasteiger partial charge >= 0.3 is 0 Å². The number of aliphatic hydroxyl groups excluding tert-OH is 4. The molecule has 5 heteroatoms. The molecule has 0 aromatic carbocycles. The third-order valence-corrected chi connectivity index (χ3v) is 8.10. The Morgan fingerprint density at radius 2 is 1.80 bits per heavy atom. The molecule has 0 saturated heterocycles. The Bertz CT molecular complexity index is 528. The van der Waals surface area contributed by atoms with Gasteiger partial charge in [0, 0.05) is 5.41 Å². The van der Waals surface area contributed by atoms with Crippen LogP contribution < -0.4 is 0 Å². The molecule has 0 aliphatic heterocycles. The van der Waals surface area contributed by atoms with Crippen LogP contribution >= 0.6 is 0 Å². The topological polar surface area (TPSA) is 101 Å². The minimum Gasteiger partial charge on any atom is -0.396 e. The summed E-state index contributed by atoms with van der Waals surface area (Å²) in [5.74, 6) is 0.514. The molecule has 3 aliphatic carbocycles. The maximum Gasteiger partial charge on any atom is 0.114 e. The van der Waals surface area contributed by atoms with E-state index in [1.807, 2.05) is 6.92 Å². The van der Waals surface area contributed by atoms with Crippen LogP contribution in [0.5, 0.6) is 0 Å². The molecule has 144 valence electrons. The summed E-state index contributed by atoms with van der Waals surface area (Å²) in [5.41, 5.74) is -0.510. The standard InChI is InChI=1S/C20H34O5/c1-18-8-7-17(24)19(2,10-21)16(18)6-3-13-9-14(4-5-15(13)18)20(25,11-22)12-23/h3,14-17,21-25H,4-12H2,1-2H3. The molecule has 2 saturated carbocycles. The highest BCUT2D eigenvalue weighted by Gasteiger charge is 2.58. The largest absolute Gasteiger partial charge is 0.396 e. The van der Waals surface area contributed by atoms with Crippen molar-refractivity contribution in [3.05, 3.63) is 11.6 Å². The second-order valence-corrected chi connectivity index (χ2v) is 9.24. The van der Waals surface area contributed by atoms with E-state index in [2.05, 4.69) is 13.0 Å². The molecule has 0 bridgehead atoms. The monoisotopic (exact) mass is 354 g/mol. The van der Waals surface area contributed by atoms with E-state index in [9.17, 15) is 25.5 Å². The van der Waals surface area contributed by atoms with Gasteiger partial charge in [-0.25, -0.2) is 0 Å². The third kappa shape index (κ3) is 2.79. The first-order chi connectivity index (χ1) is 11.7. The summed E-state index contributed by atoms with van der Waals surface area (Å²) >= 11 is 0. The maximum atomic E-state index is 10.5. The Balaban J connectivity index is 1.88. The lowest BCUT2D eigenvalue weighted by molar-refractivity contribution is -0.152. The van der Waals surface area contributed by atoms with Gasteiger partial charge in [0.2, 0.25) is 0 Å². The molecule has 5 N–H and O–H groups in total. The first-order valence-electron chi connectivity index (χ1n) is 9.67. The normalized spacial score (nSPS) is 44.7. The minimum atomic E-state index is -1.41. The SMILES string of the molecule is CC1(CO)C(O)CCC2(C)C3CCC(C(O)(CO)CO)CC3=CCC12. The molecular weight excluding hydrogens is 320 g/mol. The van der Waals surface area contributed by atoms with Crippen LogP contribution in [0.15, 0.2) is 11.6 Å². The number of fused-ring (bicyclic) bond motifs is 3. The van der Waals surface area contributed by atoms with E-state index in [0.717, 1.165) is 25.7 Å². The Labute approximate surface area is 150 Å². The van der Waals surface area contributed by atoms with Gasteiger partial charge in [0.15, 0.2) is 0 Å². The number of allylic oxidation sites excluding steroid dienone is 2. The molecule has 5 nitrogen and oxygen atoms in total. The van der Waals surface area contributed by atoms with Crippen molar-refractivity contribution in [3.63, 3.8) is 0 Å². The van der Waals surface area contributed by atoms with Crippen molar-refractivity contribution in [2.75, 3.05) is 19.8 Å². The Morgan fingerprint density at radius 3 is 2.40 bits per heavy atom. The van der Waals surface area contributed by atoms with Crippen molar-refractivity contribution < 1.29 is 25.5 Å². The molecule has 0 radical (unpaired) electrons. The second kappa shape index (κ2) is 6.61. The lowest BCUT2D eigenvalue weighted by atomic mass is 9.45. The molecule has 0 amide bonds. The van der Waals surface area contributed by atoms with E-state index in [-0.39, 0.29) is 23.9 Å². The van der Waals surface area contributed by atoms with Crippen LogP contribution in [0.2, 0.25) is 0 Å². The van der Waals surface area contributed by atoms with Crippen LogP contribution in [0.3, 0.4) is 0 Å². The first kappa shape index (κ1) is 19.3.